The zero-order valence-corrected chi connectivity index (χ0v) is 16.2. The van der Waals surface area contributed by atoms with Crippen molar-refractivity contribution in [1.82, 2.24) is 4.98 Å². The van der Waals surface area contributed by atoms with Gasteiger partial charge in [-0.2, -0.15) is 0 Å². The number of hydrogen-bond donors (Lipinski definition) is 0. The highest BCUT2D eigenvalue weighted by atomic mass is 32.2. The summed E-state index contributed by atoms with van der Waals surface area (Å²) in [5.74, 6) is 0. The number of pyridine rings is 1. The summed E-state index contributed by atoms with van der Waals surface area (Å²) in [6.07, 6.45) is 1.89. The van der Waals surface area contributed by atoms with Crippen molar-refractivity contribution in [3.8, 4) is 11.1 Å². The number of rotatable bonds is 1. The average Bonchev–Trinajstić information content (AvgIpc) is 2.83. The number of hydrogen-bond acceptors (Lipinski definition) is 4. The quantitative estimate of drug-likeness (QED) is 0.461. The van der Waals surface area contributed by atoms with Crippen molar-refractivity contribution in [2.75, 3.05) is 0 Å². The van der Waals surface area contributed by atoms with Gasteiger partial charge in [0.15, 0.2) is 0 Å². The fraction of sp³-hybridized carbons (Fsp3) is 0.286. The molecule has 0 atom stereocenters. The Labute approximate surface area is 158 Å². The largest absolute Gasteiger partial charge is 0.495 e. The van der Waals surface area contributed by atoms with Gasteiger partial charge in [-0.15, -0.1) is 0 Å². The van der Waals surface area contributed by atoms with Gasteiger partial charge < -0.3 is 9.31 Å². The summed E-state index contributed by atoms with van der Waals surface area (Å²) in [6.45, 7) is 8.37. The van der Waals surface area contributed by atoms with Gasteiger partial charge in [0, 0.05) is 16.5 Å². The summed E-state index contributed by atoms with van der Waals surface area (Å²) < 4.78 is 12.7. The Morgan fingerprint density at radius 2 is 1.65 bits per heavy atom. The van der Waals surface area contributed by atoms with Crippen molar-refractivity contribution in [3.05, 3.63) is 48.7 Å². The maximum atomic E-state index is 6.37. The van der Waals surface area contributed by atoms with Gasteiger partial charge in [-0.1, -0.05) is 42.1 Å². The van der Waals surface area contributed by atoms with Crippen LogP contribution in [0.15, 0.2) is 58.6 Å². The molecule has 0 amide bonds. The van der Waals surface area contributed by atoms with E-state index in [1.54, 1.807) is 11.8 Å². The lowest BCUT2D eigenvalue weighted by Crippen LogP contribution is -2.41. The molecule has 0 bridgehead atoms. The minimum Gasteiger partial charge on any atom is -0.399 e. The zero-order valence-electron chi connectivity index (χ0n) is 15.4. The molecular weight excluding hydrogens is 341 g/mol. The average molecular weight is 361 g/mol. The Morgan fingerprint density at radius 1 is 0.923 bits per heavy atom. The number of benzene rings is 2. The standard InChI is InChI=1S/C21H20BNO2S/c1-20(2)21(3,4)25-22(24-20)15-10-9-13-11-12-23-19-17(13)18(15)14-7-5-6-8-16(14)26-19/h5-12H,1-4H3. The smallest absolute Gasteiger partial charge is 0.399 e. The molecular formula is C21H20BNO2S. The molecule has 0 spiro atoms. The molecule has 1 fully saturated rings. The Hall–Kier alpha value is -1.82. The van der Waals surface area contributed by atoms with Crippen molar-refractivity contribution >= 4 is 35.1 Å². The Balaban J connectivity index is 1.79. The van der Waals surface area contributed by atoms with Crippen molar-refractivity contribution in [2.24, 2.45) is 0 Å². The highest BCUT2D eigenvalue weighted by molar-refractivity contribution is 7.99. The van der Waals surface area contributed by atoms with E-state index in [4.69, 9.17) is 9.31 Å². The fourth-order valence-electron chi connectivity index (χ4n) is 3.65. The normalized spacial score (nSPS) is 19.6. The SMILES string of the molecule is CC1(C)OB(c2ccc3ccnc4c3c2-c2ccccc2S4)OC1(C)C. The van der Waals surface area contributed by atoms with E-state index in [0.717, 1.165) is 10.5 Å². The number of aromatic nitrogens is 1. The van der Waals surface area contributed by atoms with Gasteiger partial charge in [0.05, 0.1) is 11.2 Å². The topological polar surface area (TPSA) is 31.4 Å². The molecule has 0 saturated carbocycles. The van der Waals surface area contributed by atoms with E-state index in [1.165, 1.54) is 26.8 Å². The summed E-state index contributed by atoms with van der Waals surface area (Å²) in [6, 6.07) is 14.9. The second-order valence-corrected chi connectivity index (χ2v) is 8.96. The molecule has 1 saturated heterocycles. The van der Waals surface area contributed by atoms with Crippen LogP contribution in [-0.2, 0) is 9.31 Å². The Bertz CT molecular complexity index is 1030. The van der Waals surface area contributed by atoms with Crippen molar-refractivity contribution in [1.29, 1.82) is 0 Å². The molecule has 2 aliphatic rings. The first-order valence-electron chi connectivity index (χ1n) is 8.92. The molecule has 0 N–H and O–H groups in total. The fourth-order valence-corrected chi connectivity index (χ4v) is 4.72. The first-order valence-corrected chi connectivity index (χ1v) is 9.73. The summed E-state index contributed by atoms with van der Waals surface area (Å²) in [7, 11) is -0.386. The molecule has 5 rings (SSSR count). The predicted molar refractivity (Wildman–Crippen MR) is 107 cm³/mol. The van der Waals surface area contributed by atoms with Gasteiger partial charge in [-0.3, -0.25) is 0 Å². The van der Waals surface area contributed by atoms with Crippen LogP contribution in [0.5, 0.6) is 0 Å². The van der Waals surface area contributed by atoms with Gasteiger partial charge in [-0.05, 0) is 61.8 Å². The number of nitrogens with zero attached hydrogens (tertiary/aromatic N) is 1. The lowest BCUT2D eigenvalue weighted by Gasteiger charge is -2.32. The van der Waals surface area contributed by atoms with E-state index >= 15 is 0 Å². The maximum Gasteiger partial charge on any atom is 0.495 e. The van der Waals surface area contributed by atoms with Crippen molar-refractivity contribution in [2.45, 2.75) is 48.8 Å². The summed E-state index contributed by atoms with van der Waals surface area (Å²) >= 11 is 1.73. The molecule has 130 valence electrons. The van der Waals surface area contributed by atoms with Crippen molar-refractivity contribution < 1.29 is 9.31 Å². The minimum atomic E-state index is -0.386. The number of fused-ring (bicyclic) bond motifs is 2. The van der Waals surface area contributed by atoms with Crippen LogP contribution in [0.25, 0.3) is 21.9 Å². The zero-order chi connectivity index (χ0) is 18.1. The second-order valence-electron chi connectivity index (χ2n) is 7.93. The van der Waals surface area contributed by atoms with Crippen LogP contribution in [0.4, 0.5) is 0 Å². The van der Waals surface area contributed by atoms with Gasteiger partial charge >= 0.3 is 7.12 Å². The first kappa shape index (κ1) is 16.4. The van der Waals surface area contributed by atoms with Gasteiger partial charge in [0.25, 0.3) is 0 Å². The maximum absolute atomic E-state index is 6.37. The van der Waals surface area contributed by atoms with E-state index in [0.29, 0.717) is 0 Å². The third-order valence-electron chi connectivity index (χ3n) is 5.80. The lowest BCUT2D eigenvalue weighted by atomic mass is 9.73. The molecule has 2 aliphatic heterocycles. The molecule has 3 heterocycles. The van der Waals surface area contributed by atoms with Crippen LogP contribution in [0, 0.1) is 0 Å². The lowest BCUT2D eigenvalue weighted by molar-refractivity contribution is 0.00578. The van der Waals surface area contributed by atoms with E-state index in [-0.39, 0.29) is 18.3 Å². The monoisotopic (exact) mass is 361 g/mol. The molecule has 0 unspecified atom stereocenters. The third-order valence-corrected chi connectivity index (χ3v) is 6.88. The third kappa shape index (κ3) is 2.21. The first-order chi connectivity index (χ1) is 12.4. The van der Waals surface area contributed by atoms with E-state index in [9.17, 15) is 0 Å². The van der Waals surface area contributed by atoms with Crippen LogP contribution in [-0.4, -0.2) is 23.3 Å². The van der Waals surface area contributed by atoms with Gasteiger partial charge in [-0.25, -0.2) is 4.98 Å². The summed E-state index contributed by atoms with van der Waals surface area (Å²) in [5.41, 5.74) is 2.78. The van der Waals surface area contributed by atoms with Crippen molar-refractivity contribution in [3.63, 3.8) is 0 Å². The van der Waals surface area contributed by atoms with Crippen LogP contribution in [0.1, 0.15) is 27.7 Å². The van der Waals surface area contributed by atoms with E-state index < -0.39 is 0 Å². The highest BCUT2D eigenvalue weighted by Crippen LogP contribution is 2.47. The van der Waals surface area contributed by atoms with E-state index in [2.05, 4.69) is 75.1 Å². The molecule has 0 radical (unpaired) electrons. The van der Waals surface area contributed by atoms with E-state index in [1.807, 2.05) is 6.20 Å². The van der Waals surface area contributed by atoms with Crippen LogP contribution < -0.4 is 5.46 Å². The van der Waals surface area contributed by atoms with Gasteiger partial charge in [0.2, 0.25) is 0 Å². The van der Waals surface area contributed by atoms with Crippen LogP contribution in [0.2, 0.25) is 0 Å². The predicted octanol–water partition coefficient (Wildman–Crippen LogP) is 4.67. The minimum absolute atomic E-state index is 0.361. The molecule has 1 aromatic heterocycles. The molecule has 2 aromatic carbocycles. The molecule has 3 aromatic rings. The van der Waals surface area contributed by atoms with Crippen LogP contribution in [0.3, 0.4) is 0 Å². The van der Waals surface area contributed by atoms with Crippen LogP contribution >= 0.6 is 11.8 Å². The van der Waals surface area contributed by atoms with Gasteiger partial charge in [0.1, 0.15) is 5.03 Å². The second kappa shape index (κ2) is 5.35. The Kier molecular flexibility index (Phi) is 3.37. The Morgan fingerprint density at radius 3 is 2.42 bits per heavy atom. The molecule has 5 heteroatoms. The summed E-state index contributed by atoms with van der Waals surface area (Å²) in [4.78, 5) is 5.87. The summed E-state index contributed by atoms with van der Waals surface area (Å²) in [5, 5.41) is 3.45. The highest BCUT2D eigenvalue weighted by Gasteiger charge is 2.52. The molecule has 0 aliphatic carbocycles. The molecule has 3 nitrogen and oxygen atoms in total. The molecule has 26 heavy (non-hydrogen) atoms.